The summed E-state index contributed by atoms with van der Waals surface area (Å²) in [4.78, 5) is 25.0. The second kappa shape index (κ2) is 7.49. The third-order valence-electron chi connectivity index (χ3n) is 3.71. The Morgan fingerprint density at radius 1 is 1.04 bits per heavy atom. The fourth-order valence-electron chi connectivity index (χ4n) is 2.43. The number of urea groups is 1. The molecule has 2 aromatic rings. The Morgan fingerprint density at radius 3 is 2.44 bits per heavy atom. The first-order valence-corrected chi connectivity index (χ1v) is 7.89. The van der Waals surface area contributed by atoms with Crippen molar-refractivity contribution in [3.63, 3.8) is 0 Å². The molecular weight excluding hydrogens is 316 g/mol. The number of carbonyl (C=O) groups is 2. The van der Waals surface area contributed by atoms with Crippen molar-refractivity contribution in [3.8, 4) is 5.75 Å². The summed E-state index contributed by atoms with van der Waals surface area (Å²) in [5.41, 5.74) is 2.15. The number of ether oxygens (including phenoxy) is 1. The Hall–Kier alpha value is -3.34. The van der Waals surface area contributed by atoms with Crippen LogP contribution in [0.4, 0.5) is 4.79 Å². The largest absolute Gasteiger partial charge is 0.489 e. The smallest absolute Gasteiger partial charge is 0.329 e. The van der Waals surface area contributed by atoms with Crippen molar-refractivity contribution in [2.45, 2.75) is 6.61 Å². The van der Waals surface area contributed by atoms with Gasteiger partial charge in [0.25, 0.3) is 5.91 Å². The van der Waals surface area contributed by atoms with Gasteiger partial charge >= 0.3 is 6.03 Å². The summed E-state index contributed by atoms with van der Waals surface area (Å²) in [6, 6.07) is 16.8. The average Bonchev–Trinajstić information content (AvgIpc) is 2.90. The molecule has 0 unspecified atom stereocenters. The summed E-state index contributed by atoms with van der Waals surface area (Å²) < 4.78 is 5.73. The Kier molecular flexibility index (Phi) is 4.95. The fraction of sp³-hybridized carbons (Fsp3) is 0.100. The van der Waals surface area contributed by atoms with Crippen LogP contribution in [0.15, 0.2) is 72.9 Å². The molecule has 1 fully saturated rings. The van der Waals surface area contributed by atoms with Crippen LogP contribution in [0, 0.1) is 0 Å². The number of hydrogen-bond acceptors (Lipinski definition) is 3. The topological polar surface area (TPSA) is 58.6 Å². The Morgan fingerprint density at radius 2 is 1.76 bits per heavy atom. The highest BCUT2D eigenvalue weighted by Gasteiger charge is 2.32. The SMILES string of the molecule is C=CCN1C(=O)N/C(=C/c2ccc(OCc3ccccc3)cc2)C1=O. The van der Waals surface area contributed by atoms with Gasteiger partial charge in [-0.15, -0.1) is 6.58 Å². The van der Waals surface area contributed by atoms with Gasteiger partial charge in [0.05, 0.1) is 0 Å². The molecule has 0 bridgehead atoms. The number of amides is 3. The molecule has 0 radical (unpaired) electrons. The number of nitrogens with zero attached hydrogens (tertiary/aromatic N) is 1. The maximum absolute atomic E-state index is 12.1. The van der Waals surface area contributed by atoms with Crippen molar-refractivity contribution in [2.24, 2.45) is 0 Å². The lowest BCUT2D eigenvalue weighted by Gasteiger charge is -2.07. The summed E-state index contributed by atoms with van der Waals surface area (Å²) in [6.45, 7) is 4.23. The third kappa shape index (κ3) is 3.95. The second-order valence-corrected chi connectivity index (χ2v) is 5.54. The van der Waals surface area contributed by atoms with Gasteiger partial charge in [-0.2, -0.15) is 0 Å². The molecule has 1 N–H and O–H groups in total. The zero-order valence-electron chi connectivity index (χ0n) is 13.6. The van der Waals surface area contributed by atoms with Crippen LogP contribution in [0.25, 0.3) is 6.08 Å². The van der Waals surface area contributed by atoms with Crippen LogP contribution >= 0.6 is 0 Å². The van der Waals surface area contributed by atoms with Gasteiger partial charge < -0.3 is 10.1 Å². The molecule has 5 nitrogen and oxygen atoms in total. The molecule has 1 aliphatic heterocycles. The quantitative estimate of drug-likeness (QED) is 0.501. The summed E-state index contributed by atoms with van der Waals surface area (Å²) >= 11 is 0. The molecule has 0 aliphatic carbocycles. The molecule has 0 spiro atoms. The van der Waals surface area contributed by atoms with Gasteiger partial charge in [-0.25, -0.2) is 4.79 Å². The van der Waals surface area contributed by atoms with E-state index in [1.54, 1.807) is 6.08 Å². The first kappa shape index (κ1) is 16.5. The minimum atomic E-state index is -0.432. The van der Waals surface area contributed by atoms with Crippen LogP contribution in [-0.4, -0.2) is 23.4 Å². The predicted molar refractivity (Wildman–Crippen MR) is 95.6 cm³/mol. The van der Waals surface area contributed by atoms with Crippen LogP contribution in [0.2, 0.25) is 0 Å². The van der Waals surface area contributed by atoms with E-state index in [1.165, 1.54) is 6.08 Å². The fourth-order valence-corrected chi connectivity index (χ4v) is 2.43. The lowest BCUT2D eigenvalue weighted by Crippen LogP contribution is -2.30. The van der Waals surface area contributed by atoms with E-state index in [2.05, 4.69) is 11.9 Å². The maximum atomic E-state index is 12.1. The number of imide groups is 1. The molecular formula is C20H18N2O3. The normalized spacial score (nSPS) is 15.4. The lowest BCUT2D eigenvalue weighted by molar-refractivity contribution is -0.122. The Labute approximate surface area is 146 Å². The Bertz CT molecular complexity index is 811. The van der Waals surface area contributed by atoms with Crippen LogP contribution < -0.4 is 10.1 Å². The highest BCUT2D eigenvalue weighted by Crippen LogP contribution is 2.18. The van der Waals surface area contributed by atoms with E-state index in [0.29, 0.717) is 6.61 Å². The molecule has 1 aliphatic rings. The van der Waals surface area contributed by atoms with E-state index in [-0.39, 0.29) is 18.1 Å². The molecule has 126 valence electrons. The van der Waals surface area contributed by atoms with Crippen molar-refractivity contribution < 1.29 is 14.3 Å². The van der Waals surface area contributed by atoms with Gasteiger partial charge in [0.2, 0.25) is 0 Å². The molecule has 1 heterocycles. The lowest BCUT2D eigenvalue weighted by atomic mass is 10.2. The van der Waals surface area contributed by atoms with Crippen molar-refractivity contribution in [1.29, 1.82) is 0 Å². The molecule has 0 atom stereocenters. The summed E-state index contributed by atoms with van der Waals surface area (Å²) in [7, 11) is 0. The number of benzene rings is 2. The Balaban J connectivity index is 1.65. The number of rotatable bonds is 6. The van der Waals surface area contributed by atoms with E-state index < -0.39 is 6.03 Å². The van der Waals surface area contributed by atoms with Crippen molar-refractivity contribution >= 4 is 18.0 Å². The second-order valence-electron chi connectivity index (χ2n) is 5.54. The molecule has 3 rings (SSSR count). The zero-order valence-corrected chi connectivity index (χ0v) is 13.6. The monoisotopic (exact) mass is 334 g/mol. The van der Waals surface area contributed by atoms with E-state index in [0.717, 1.165) is 21.8 Å². The van der Waals surface area contributed by atoms with E-state index in [4.69, 9.17) is 4.74 Å². The van der Waals surface area contributed by atoms with Gasteiger partial charge in [-0.1, -0.05) is 48.5 Å². The molecule has 5 heteroatoms. The minimum absolute atomic E-state index is 0.189. The first-order valence-electron chi connectivity index (χ1n) is 7.89. The van der Waals surface area contributed by atoms with Crippen molar-refractivity contribution in [2.75, 3.05) is 6.54 Å². The van der Waals surface area contributed by atoms with Crippen molar-refractivity contribution in [1.82, 2.24) is 10.2 Å². The van der Waals surface area contributed by atoms with Crippen LogP contribution in [0.3, 0.4) is 0 Å². The van der Waals surface area contributed by atoms with Gasteiger partial charge in [-0.3, -0.25) is 9.69 Å². The molecule has 2 aromatic carbocycles. The number of carbonyl (C=O) groups excluding carboxylic acids is 2. The number of hydrogen-bond donors (Lipinski definition) is 1. The first-order chi connectivity index (χ1) is 12.2. The highest BCUT2D eigenvalue weighted by molar-refractivity contribution is 6.14. The van der Waals surface area contributed by atoms with Gasteiger partial charge in [0.15, 0.2) is 0 Å². The molecule has 3 amide bonds. The third-order valence-corrected chi connectivity index (χ3v) is 3.71. The van der Waals surface area contributed by atoms with Gasteiger partial charge in [0.1, 0.15) is 18.1 Å². The van der Waals surface area contributed by atoms with E-state index in [1.807, 2.05) is 54.6 Å². The van der Waals surface area contributed by atoms with Crippen LogP contribution in [0.1, 0.15) is 11.1 Å². The highest BCUT2D eigenvalue weighted by atomic mass is 16.5. The van der Waals surface area contributed by atoms with E-state index >= 15 is 0 Å². The summed E-state index contributed by atoms with van der Waals surface area (Å²) in [5, 5.41) is 2.57. The number of nitrogens with one attached hydrogen (secondary N) is 1. The van der Waals surface area contributed by atoms with E-state index in [9.17, 15) is 9.59 Å². The maximum Gasteiger partial charge on any atom is 0.329 e. The predicted octanol–water partition coefficient (Wildman–Crippen LogP) is 3.34. The molecule has 25 heavy (non-hydrogen) atoms. The zero-order chi connectivity index (χ0) is 17.6. The summed E-state index contributed by atoms with van der Waals surface area (Å²) in [5.74, 6) is 0.385. The minimum Gasteiger partial charge on any atom is -0.489 e. The van der Waals surface area contributed by atoms with Crippen molar-refractivity contribution in [3.05, 3.63) is 84.1 Å². The summed E-state index contributed by atoms with van der Waals surface area (Å²) in [6.07, 6.45) is 3.16. The van der Waals surface area contributed by atoms with Gasteiger partial charge in [-0.05, 0) is 29.3 Å². The van der Waals surface area contributed by atoms with Crippen LogP contribution in [0.5, 0.6) is 5.75 Å². The average molecular weight is 334 g/mol. The standard InChI is InChI=1S/C20H18N2O3/c1-2-12-22-19(23)18(21-20(22)24)13-15-8-10-17(11-9-15)25-14-16-6-4-3-5-7-16/h2-11,13H,1,12,14H2,(H,21,24)/b18-13+. The molecule has 0 aromatic heterocycles. The molecule has 0 saturated carbocycles. The van der Waals surface area contributed by atoms with Crippen LogP contribution in [-0.2, 0) is 11.4 Å². The van der Waals surface area contributed by atoms with Gasteiger partial charge in [0, 0.05) is 6.54 Å². The molecule has 1 saturated heterocycles.